The van der Waals surface area contributed by atoms with Crippen molar-refractivity contribution in [1.82, 2.24) is 10.2 Å². The summed E-state index contributed by atoms with van der Waals surface area (Å²) in [7, 11) is -3.83. The SMILES string of the molecule is Cc1ccc(C(C)(C)C)cc1S(=O)(=O)Nc1cccc(C(=O)Nc2nnc(C3CC3)s2)c1. The van der Waals surface area contributed by atoms with E-state index >= 15 is 0 Å². The summed E-state index contributed by atoms with van der Waals surface area (Å²) >= 11 is 1.38. The van der Waals surface area contributed by atoms with Crippen molar-refractivity contribution < 1.29 is 13.2 Å². The van der Waals surface area contributed by atoms with Gasteiger partial charge >= 0.3 is 0 Å². The van der Waals surface area contributed by atoms with Gasteiger partial charge in [0.2, 0.25) is 5.13 Å². The number of hydrogen-bond donors (Lipinski definition) is 2. The Labute approximate surface area is 192 Å². The maximum Gasteiger partial charge on any atom is 0.262 e. The van der Waals surface area contributed by atoms with Gasteiger partial charge in [0.1, 0.15) is 5.01 Å². The van der Waals surface area contributed by atoms with Crippen molar-refractivity contribution in [3.05, 3.63) is 64.2 Å². The maximum absolute atomic E-state index is 13.1. The molecule has 0 unspecified atom stereocenters. The second-order valence-corrected chi connectivity index (χ2v) is 11.8. The van der Waals surface area contributed by atoms with E-state index in [0.717, 1.165) is 23.4 Å². The number of aromatic nitrogens is 2. The van der Waals surface area contributed by atoms with E-state index in [9.17, 15) is 13.2 Å². The number of hydrogen-bond acceptors (Lipinski definition) is 6. The molecule has 2 aromatic carbocycles. The predicted molar refractivity (Wildman–Crippen MR) is 127 cm³/mol. The summed E-state index contributed by atoms with van der Waals surface area (Å²) in [5, 5.41) is 12.3. The van der Waals surface area contributed by atoms with E-state index in [0.29, 0.717) is 27.9 Å². The summed E-state index contributed by atoms with van der Waals surface area (Å²) < 4.78 is 28.8. The number of sulfonamides is 1. The van der Waals surface area contributed by atoms with Crippen molar-refractivity contribution in [2.75, 3.05) is 10.0 Å². The van der Waals surface area contributed by atoms with Crippen LogP contribution in [-0.2, 0) is 15.4 Å². The summed E-state index contributed by atoms with van der Waals surface area (Å²) in [6.45, 7) is 7.88. The lowest BCUT2D eigenvalue weighted by molar-refractivity contribution is 0.102. The van der Waals surface area contributed by atoms with E-state index in [4.69, 9.17) is 0 Å². The summed E-state index contributed by atoms with van der Waals surface area (Å²) in [5.41, 5.74) is 2.05. The molecule has 168 valence electrons. The minimum absolute atomic E-state index is 0.181. The molecule has 1 aliphatic rings. The Morgan fingerprint density at radius 3 is 2.53 bits per heavy atom. The molecular formula is C23H26N4O3S2. The number of carbonyl (C=O) groups is 1. The summed E-state index contributed by atoms with van der Waals surface area (Å²) in [4.78, 5) is 12.9. The lowest BCUT2D eigenvalue weighted by Gasteiger charge is -2.21. The number of aryl methyl sites for hydroxylation is 1. The van der Waals surface area contributed by atoms with Crippen LogP contribution in [-0.4, -0.2) is 24.5 Å². The molecule has 9 heteroatoms. The van der Waals surface area contributed by atoms with Crippen molar-refractivity contribution >= 4 is 38.1 Å². The fourth-order valence-corrected chi connectivity index (χ4v) is 5.47. The van der Waals surface area contributed by atoms with Crippen molar-refractivity contribution in [2.24, 2.45) is 0 Å². The Hall–Kier alpha value is -2.78. The first-order chi connectivity index (χ1) is 15.0. The van der Waals surface area contributed by atoms with Crippen molar-refractivity contribution in [2.45, 2.75) is 56.8 Å². The van der Waals surface area contributed by atoms with E-state index in [1.165, 1.54) is 17.4 Å². The molecular weight excluding hydrogens is 444 g/mol. The van der Waals surface area contributed by atoms with Gasteiger partial charge in [-0.25, -0.2) is 8.42 Å². The van der Waals surface area contributed by atoms with Gasteiger partial charge in [0.25, 0.3) is 15.9 Å². The van der Waals surface area contributed by atoms with Crippen LogP contribution in [0.5, 0.6) is 0 Å². The van der Waals surface area contributed by atoms with Gasteiger partial charge in [-0.2, -0.15) is 0 Å². The highest BCUT2D eigenvalue weighted by Gasteiger charge is 2.28. The smallest absolute Gasteiger partial charge is 0.262 e. The number of amides is 1. The van der Waals surface area contributed by atoms with Gasteiger partial charge in [-0.05, 0) is 60.6 Å². The van der Waals surface area contributed by atoms with Crippen LogP contribution in [0.15, 0.2) is 47.4 Å². The van der Waals surface area contributed by atoms with Gasteiger partial charge in [-0.3, -0.25) is 14.8 Å². The van der Waals surface area contributed by atoms with Gasteiger partial charge in [-0.15, -0.1) is 10.2 Å². The third-order valence-electron chi connectivity index (χ3n) is 5.31. The Balaban J connectivity index is 1.53. The summed E-state index contributed by atoms with van der Waals surface area (Å²) in [6, 6.07) is 11.9. The van der Waals surface area contributed by atoms with Crippen LogP contribution in [0.3, 0.4) is 0 Å². The first kappa shape index (κ1) is 22.4. The molecule has 1 heterocycles. The lowest BCUT2D eigenvalue weighted by atomic mass is 9.87. The Morgan fingerprint density at radius 1 is 1.09 bits per heavy atom. The van der Waals surface area contributed by atoms with E-state index in [1.54, 1.807) is 31.2 Å². The van der Waals surface area contributed by atoms with Crippen LogP contribution in [0.1, 0.15) is 66.0 Å². The minimum atomic E-state index is -3.83. The molecule has 1 fully saturated rings. The monoisotopic (exact) mass is 470 g/mol. The molecule has 2 N–H and O–H groups in total. The van der Waals surface area contributed by atoms with Gasteiger partial charge in [0.05, 0.1) is 4.90 Å². The second-order valence-electron chi connectivity index (χ2n) is 9.09. The molecule has 0 atom stereocenters. The standard InChI is InChI=1S/C23H26N4O3S2/c1-14-8-11-17(23(2,3)4)13-19(14)32(29,30)27-18-7-5-6-16(12-18)20(28)24-22-26-25-21(31-22)15-9-10-15/h5-8,11-13,15,27H,9-10H2,1-4H3,(H,24,26,28). The molecule has 1 saturated carbocycles. The average molecular weight is 471 g/mol. The number of benzene rings is 2. The molecule has 3 aromatic rings. The molecule has 4 rings (SSSR count). The Morgan fingerprint density at radius 2 is 1.84 bits per heavy atom. The third-order valence-corrected chi connectivity index (χ3v) is 7.83. The van der Waals surface area contributed by atoms with Crippen LogP contribution in [0.4, 0.5) is 10.8 Å². The first-order valence-electron chi connectivity index (χ1n) is 10.4. The minimum Gasteiger partial charge on any atom is -0.296 e. The topological polar surface area (TPSA) is 101 Å². The Kier molecular flexibility index (Phi) is 5.81. The first-order valence-corrected chi connectivity index (χ1v) is 12.7. The highest BCUT2D eigenvalue weighted by Crippen LogP contribution is 2.42. The number of nitrogens with one attached hydrogen (secondary N) is 2. The van der Waals surface area contributed by atoms with Crippen LogP contribution in [0, 0.1) is 6.92 Å². The summed E-state index contributed by atoms with van der Waals surface area (Å²) in [6.07, 6.45) is 2.23. The quantitative estimate of drug-likeness (QED) is 0.523. The molecule has 0 spiro atoms. The molecule has 0 saturated heterocycles. The number of carbonyl (C=O) groups excluding carboxylic acids is 1. The maximum atomic E-state index is 13.1. The number of anilines is 2. The summed E-state index contributed by atoms with van der Waals surface area (Å²) in [5.74, 6) is 0.103. The van der Waals surface area contributed by atoms with Gasteiger partial charge in [0, 0.05) is 17.2 Å². The van der Waals surface area contributed by atoms with E-state index < -0.39 is 10.0 Å². The number of nitrogens with zero attached hydrogens (tertiary/aromatic N) is 2. The Bertz CT molecular complexity index is 1270. The average Bonchev–Trinajstić information content (AvgIpc) is 3.46. The van der Waals surface area contributed by atoms with Gasteiger partial charge in [0.15, 0.2) is 0 Å². The molecule has 7 nitrogen and oxygen atoms in total. The molecule has 32 heavy (non-hydrogen) atoms. The van der Waals surface area contributed by atoms with E-state index in [1.807, 2.05) is 32.9 Å². The zero-order valence-electron chi connectivity index (χ0n) is 18.5. The third kappa shape index (κ3) is 4.99. The van der Waals surface area contributed by atoms with Crippen LogP contribution < -0.4 is 10.0 Å². The van der Waals surface area contributed by atoms with Crippen LogP contribution in [0.2, 0.25) is 0 Å². The molecule has 1 aliphatic carbocycles. The van der Waals surface area contributed by atoms with Gasteiger partial charge < -0.3 is 0 Å². The van der Waals surface area contributed by atoms with Gasteiger partial charge in [-0.1, -0.05) is 50.3 Å². The van der Waals surface area contributed by atoms with Crippen molar-refractivity contribution in [3.63, 3.8) is 0 Å². The van der Waals surface area contributed by atoms with E-state index in [2.05, 4.69) is 20.2 Å². The zero-order valence-corrected chi connectivity index (χ0v) is 20.1. The number of rotatable bonds is 6. The normalized spacial score (nSPS) is 14.2. The predicted octanol–water partition coefficient (Wildman–Crippen LogP) is 5.07. The second kappa shape index (κ2) is 8.29. The highest BCUT2D eigenvalue weighted by molar-refractivity contribution is 7.92. The van der Waals surface area contributed by atoms with Crippen LogP contribution >= 0.6 is 11.3 Å². The highest BCUT2D eigenvalue weighted by atomic mass is 32.2. The molecule has 1 aromatic heterocycles. The fourth-order valence-electron chi connectivity index (χ4n) is 3.24. The lowest BCUT2D eigenvalue weighted by Crippen LogP contribution is -2.18. The largest absolute Gasteiger partial charge is 0.296 e. The zero-order chi connectivity index (χ0) is 23.1. The molecule has 0 radical (unpaired) electrons. The van der Waals surface area contributed by atoms with Crippen molar-refractivity contribution in [1.29, 1.82) is 0 Å². The molecule has 0 bridgehead atoms. The van der Waals surface area contributed by atoms with Crippen LogP contribution in [0.25, 0.3) is 0 Å². The fraction of sp³-hybridized carbons (Fsp3) is 0.348. The van der Waals surface area contributed by atoms with E-state index in [-0.39, 0.29) is 16.2 Å². The van der Waals surface area contributed by atoms with Crippen molar-refractivity contribution in [3.8, 4) is 0 Å². The molecule has 0 aliphatic heterocycles. The molecule has 1 amide bonds.